The van der Waals surface area contributed by atoms with Crippen LogP contribution in [0.5, 0.6) is 5.75 Å². The van der Waals surface area contributed by atoms with Crippen LogP contribution in [0, 0.1) is 23.5 Å². The van der Waals surface area contributed by atoms with Crippen molar-refractivity contribution in [2.45, 2.75) is 36.3 Å². The lowest BCUT2D eigenvalue weighted by atomic mass is 9.70. The second kappa shape index (κ2) is 9.26. The van der Waals surface area contributed by atoms with Gasteiger partial charge in [-0.2, -0.15) is 17.6 Å². The summed E-state index contributed by atoms with van der Waals surface area (Å²) in [7, 11) is -3.00. The zero-order valence-corrected chi connectivity index (χ0v) is 18.1. The Labute approximate surface area is 187 Å². The molecule has 3 N–H and O–H groups in total. The van der Waals surface area contributed by atoms with Gasteiger partial charge in [-0.15, -0.1) is 0 Å². The summed E-state index contributed by atoms with van der Waals surface area (Å²) in [6.07, 6.45) is -5.57. The number of benzene rings is 2. The van der Waals surface area contributed by atoms with Crippen molar-refractivity contribution in [3.63, 3.8) is 0 Å². The summed E-state index contributed by atoms with van der Waals surface area (Å²) < 4.78 is 96.3. The number of ether oxygens (including phenoxy) is 1. The van der Waals surface area contributed by atoms with E-state index in [0.29, 0.717) is 0 Å². The molecule has 1 saturated carbocycles. The number of anilines is 1. The molecule has 0 radical (unpaired) electrons. The number of sulfonamides is 1. The number of alkyl halides is 3. The molecule has 0 aliphatic heterocycles. The van der Waals surface area contributed by atoms with Gasteiger partial charge in [-0.05, 0) is 49.4 Å². The number of hydrogen-bond acceptors (Lipinski definition) is 4. The van der Waals surface area contributed by atoms with E-state index in [1.54, 1.807) is 0 Å². The van der Waals surface area contributed by atoms with Crippen molar-refractivity contribution < 1.29 is 39.9 Å². The first-order valence-corrected chi connectivity index (χ1v) is 11.4. The molecule has 1 amide bonds. The van der Waals surface area contributed by atoms with Crippen molar-refractivity contribution >= 4 is 21.6 Å². The van der Waals surface area contributed by atoms with Crippen molar-refractivity contribution in [3.05, 3.63) is 53.6 Å². The Morgan fingerprint density at radius 3 is 2.45 bits per heavy atom. The highest BCUT2D eigenvalue weighted by molar-refractivity contribution is 7.89. The highest BCUT2D eigenvalue weighted by atomic mass is 32.2. The number of carbonyl (C=O) groups excluding carboxylic acids is 1. The summed E-state index contributed by atoms with van der Waals surface area (Å²) in [5.74, 6) is -7.76. The maximum absolute atomic E-state index is 14.3. The Kier molecular flexibility index (Phi) is 6.99. The van der Waals surface area contributed by atoms with E-state index in [9.17, 15) is 35.2 Å². The fourth-order valence-electron chi connectivity index (χ4n) is 4.16. The number of nitrogens with one attached hydrogen (secondary N) is 1. The minimum atomic E-state index is -4.53. The summed E-state index contributed by atoms with van der Waals surface area (Å²) in [5, 5.41) is 7.58. The van der Waals surface area contributed by atoms with Crippen LogP contribution in [0.15, 0.2) is 41.3 Å². The molecular formula is C21H21F5N2O4S. The van der Waals surface area contributed by atoms with Crippen molar-refractivity contribution in [1.82, 2.24) is 0 Å². The zero-order chi connectivity index (χ0) is 24.6. The van der Waals surface area contributed by atoms with Crippen LogP contribution < -0.4 is 15.2 Å². The van der Waals surface area contributed by atoms with Gasteiger partial charge in [-0.25, -0.2) is 17.9 Å². The maximum Gasteiger partial charge on any atom is 0.391 e. The van der Waals surface area contributed by atoms with E-state index >= 15 is 0 Å². The summed E-state index contributed by atoms with van der Waals surface area (Å²) in [6, 6.07) is 6.95. The molecule has 2 aromatic rings. The smallest absolute Gasteiger partial charge is 0.391 e. The summed E-state index contributed by atoms with van der Waals surface area (Å²) in [6.45, 7) is 0. The second-order valence-electron chi connectivity index (χ2n) is 7.81. The SMILES string of the molecule is COc1c(C2CC(C(F)(F)F)CCC2C(=O)Nc2cccc(S(N)(=O)=O)c2)ccc(F)c1F. The fourth-order valence-corrected chi connectivity index (χ4v) is 4.72. The predicted octanol–water partition coefficient (Wildman–Crippen LogP) is 4.32. The third kappa shape index (κ3) is 5.44. The molecule has 3 rings (SSSR count). The van der Waals surface area contributed by atoms with Crippen molar-refractivity contribution in [2.75, 3.05) is 12.4 Å². The van der Waals surface area contributed by atoms with Gasteiger partial charge in [0, 0.05) is 17.2 Å². The number of rotatable bonds is 5. The topological polar surface area (TPSA) is 98.5 Å². The van der Waals surface area contributed by atoms with E-state index in [1.165, 1.54) is 18.2 Å². The Morgan fingerprint density at radius 2 is 1.85 bits per heavy atom. The highest BCUT2D eigenvalue weighted by Gasteiger charge is 2.47. The third-order valence-electron chi connectivity index (χ3n) is 5.76. The van der Waals surface area contributed by atoms with Gasteiger partial charge in [0.1, 0.15) is 0 Å². The number of carbonyl (C=O) groups is 1. The van der Waals surface area contributed by atoms with E-state index in [0.717, 1.165) is 25.3 Å². The Bertz CT molecular complexity index is 1150. The monoisotopic (exact) mass is 492 g/mol. The molecule has 1 aliphatic carbocycles. The quantitative estimate of drug-likeness (QED) is 0.608. The van der Waals surface area contributed by atoms with Crippen LogP contribution in [0.3, 0.4) is 0 Å². The average Bonchev–Trinajstić information content (AvgIpc) is 2.74. The summed E-state index contributed by atoms with van der Waals surface area (Å²) in [4.78, 5) is 12.8. The number of hydrogen-bond donors (Lipinski definition) is 2. The highest BCUT2D eigenvalue weighted by Crippen LogP contribution is 2.49. The normalized spacial score (nSPS) is 21.5. The molecule has 6 nitrogen and oxygen atoms in total. The lowest BCUT2D eigenvalue weighted by Crippen LogP contribution is -2.37. The first-order valence-electron chi connectivity index (χ1n) is 9.85. The first-order chi connectivity index (χ1) is 15.3. The molecule has 0 heterocycles. The average molecular weight is 492 g/mol. The van der Waals surface area contributed by atoms with E-state index in [1.807, 2.05) is 0 Å². The van der Waals surface area contributed by atoms with Gasteiger partial charge in [0.2, 0.25) is 21.7 Å². The minimum absolute atomic E-state index is 0.0520. The minimum Gasteiger partial charge on any atom is -0.493 e. The molecule has 0 aromatic heterocycles. The Hall–Kier alpha value is -2.73. The van der Waals surface area contributed by atoms with Crippen LogP contribution in [0.2, 0.25) is 0 Å². The molecule has 33 heavy (non-hydrogen) atoms. The van der Waals surface area contributed by atoms with Crippen LogP contribution in [-0.2, 0) is 14.8 Å². The van der Waals surface area contributed by atoms with E-state index in [-0.39, 0.29) is 29.0 Å². The van der Waals surface area contributed by atoms with Gasteiger partial charge in [0.15, 0.2) is 11.6 Å². The van der Waals surface area contributed by atoms with Crippen LogP contribution >= 0.6 is 0 Å². The lowest BCUT2D eigenvalue weighted by molar-refractivity contribution is -0.186. The Balaban J connectivity index is 1.97. The molecule has 12 heteroatoms. The first kappa shape index (κ1) is 24.9. The van der Waals surface area contributed by atoms with Gasteiger partial charge in [0.05, 0.1) is 17.9 Å². The maximum atomic E-state index is 14.3. The van der Waals surface area contributed by atoms with Gasteiger partial charge < -0.3 is 10.1 Å². The van der Waals surface area contributed by atoms with Gasteiger partial charge in [-0.1, -0.05) is 12.1 Å². The molecule has 0 bridgehead atoms. The number of nitrogens with two attached hydrogens (primary N) is 1. The van der Waals surface area contributed by atoms with E-state index in [2.05, 4.69) is 5.32 Å². The molecule has 1 fully saturated rings. The predicted molar refractivity (Wildman–Crippen MR) is 109 cm³/mol. The van der Waals surface area contributed by atoms with Gasteiger partial charge in [0.25, 0.3) is 0 Å². The molecule has 1 aliphatic rings. The number of primary sulfonamides is 1. The fraction of sp³-hybridized carbons (Fsp3) is 0.381. The summed E-state index contributed by atoms with van der Waals surface area (Å²) >= 11 is 0. The van der Waals surface area contributed by atoms with E-state index in [4.69, 9.17) is 9.88 Å². The number of amides is 1. The summed E-state index contributed by atoms with van der Waals surface area (Å²) in [5.41, 5.74) is 0.0178. The van der Waals surface area contributed by atoms with Gasteiger partial charge in [-0.3, -0.25) is 4.79 Å². The largest absolute Gasteiger partial charge is 0.493 e. The van der Waals surface area contributed by atoms with E-state index < -0.39 is 63.7 Å². The number of methoxy groups -OCH3 is 1. The molecule has 3 atom stereocenters. The van der Waals surface area contributed by atoms with Crippen molar-refractivity contribution in [2.24, 2.45) is 17.0 Å². The molecule has 3 unspecified atom stereocenters. The second-order valence-corrected chi connectivity index (χ2v) is 9.37. The molecule has 0 spiro atoms. The van der Waals surface area contributed by atoms with Crippen molar-refractivity contribution in [1.29, 1.82) is 0 Å². The van der Waals surface area contributed by atoms with Crippen LogP contribution in [-0.4, -0.2) is 27.6 Å². The third-order valence-corrected chi connectivity index (χ3v) is 6.68. The standard InChI is InChI=1S/C21H21F5N2O4S/c1-32-19-14(7-8-17(22)18(19)23)16-9-11(21(24,25)26)5-6-15(16)20(29)28-12-3-2-4-13(10-12)33(27,30)31/h2-4,7-8,10-11,15-16H,5-6,9H2,1H3,(H,28,29)(H2,27,30,31). The Morgan fingerprint density at radius 1 is 1.15 bits per heavy atom. The molecule has 0 saturated heterocycles. The van der Waals surface area contributed by atoms with Gasteiger partial charge >= 0.3 is 6.18 Å². The lowest BCUT2D eigenvalue weighted by Gasteiger charge is -2.37. The zero-order valence-electron chi connectivity index (χ0n) is 17.3. The van der Waals surface area contributed by atoms with Crippen LogP contribution in [0.1, 0.15) is 30.7 Å². The number of halogens is 5. The van der Waals surface area contributed by atoms with Crippen LogP contribution in [0.4, 0.5) is 27.6 Å². The van der Waals surface area contributed by atoms with Crippen LogP contribution in [0.25, 0.3) is 0 Å². The molecule has 180 valence electrons. The van der Waals surface area contributed by atoms with Crippen molar-refractivity contribution in [3.8, 4) is 5.75 Å². The molecule has 2 aromatic carbocycles. The molecular weight excluding hydrogens is 471 g/mol.